The molecular formula is C17H18F2S2Si. The van der Waals surface area contributed by atoms with Crippen molar-refractivity contribution in [3.63, 3.8) is 0 Å². The first kappa shape index (κ1) is 17.3. The van der Waals surface area contributed by atoms with Crippen LogP contribution in [0.2, 0.25) is 19.6 Å². The summed E-state index contributed by atoms with van der Waals surface area (Å²) in [7, 11) is -1.51. The summed E-state index contributed by atoms with van der Waals surface area (Å²) in [6.07, 6.45) is 0. The molecular weight excluding hydrogens is 334 g/mol. The third-order valence-electron chi connectivity index (χ3n) is 2.90. The van der Waals surface area contributed by atoms with Crippen molar-refractivity contribution in [2.24, 2.45) is 0 Å². The zero-order valence-corrected chi connectivity index (χ0v) is 15.4. The number of thioether (sulfide) groups is 2. The summed E-state index contributed by atoms with van der Waals surface area (Å²) in [5.41, 5.74) is 0. The lowest BCUT2D eigenvalue weighted by molar-refractivity contribution is 0.626. The highest BCUT2D eigenvalue weighted by Gasteiger charge is 2.21. The molecule has 0 bridgehead atoms. The van der Waals surface area contributed by atoms with Gasteiger partial charge in [-0.1, -0.05) is 43.2 Å². The maximum atomic E-state index is 13.0. The van der Waals surface area contributed by atoms with E-state index in [9.17, 15) is 8.78 Å². The van der Waals surface area contributed by atoms with Crippen LogP contribution in [0, 0.1) is 11.6 Å². The molecule has 0 amide bonds. The van der Waals surface area contributed by atoms with Crippen LogP contribution in [0.4, 0.5) is 8.78 Å². The number of rotatable bonds is 5. The van der Waals surface area contributed by atoms with Crippen LogP contribution < -0.4 is 0 Å². The molecule has 0 heterocycles. The van der Waals surface area contributed by atoms with Crippen LogP contribution in [0.5, 0.6) is 0 Å². The molecule has 0 aliphatic carbocycles. The van der Waals surface area contributed by atoms with E-state index in [2.05, 4.69) is 25.0 Å². The molecule has 0 nitrogen and oxygen atoms in total. The van der Waals surface area contributed by atoms with Gasteiger partial charge < -0.3 is 0 Å². The molecule has 22 heavy (non-hydrogen) atoms. The van der Waals surface area contributed by atoms with Crippen LogP contribution in [-0.2, 0) is 0 Å². The highest BCUT2D eigenvalue weighted by molar-refractivity contribution is 8.07. The van der Waals surface area contributed by atoms with Crippen molar-refractivity contribution in [2.45, 2.75) is 29.4 Å². The Balaban J connectivity index is 2.17. The Morgan fingerprint density at radius 3 is 1.73 bits per heavy atom. The Kier molecular flexibility index (Phi) is 5.89. The summed E-state index contributed by atoms with van der Waals surface area (Å²) in [4.78, 5) is 2.05. The predicted octanol–water partition coefficient (Wildman–Crippen LogP) is 6.57. The minimum Gasteiger partial charge on any atom is -0.207 e. The quantitative estimate of drug-likeness (QED) is 0.441. The summed E-state index contributed by atoms with van der Waals surface area (Å²) in [5, 5.41) is 2.15. The van der Waals surface area contributed by atoms with Gasteiger partial charge in [-0.25, -0.2) is 8.78 Å². The average Bonchev–Trinajstić information content (AvgIpc) is 2.46. The molecule has 0 saturated carbocycles. The third kappa shape index (κ3) is 5.30. The van der Waals surface area contributed by atoms with Gasteiger partial charge in [-0.15, -0.1) is 0 Å². The van der Waals surface area contributed by atoms with E-state index in [-0.39, 0.29) is 11.6 Å². The summed E-state index contributed by atoms with van der Waals surface area (Å²) >= 11 is 3.29. The van der Waals surface area contributed by atoms with Crippen molar-refractivity contribution in [2.75, 3.05) is 0 Å². The minimum atomic E-state index is -1.51. The number of halogens is 2. The second-order valence-electron chi connectivity index (χ2n) is 5.86. The van der Waals surface area contributed by atoms with E-state index in [1.54, 1.807) is 47.8 Å². The van der Waals surface area contributed by atoms with Gasteiger partial charge in [0.25, 0.3) is 0 Å². The summed E-state index contributed by atoms with van der Waals surface area (Å²) in [6, 6.07) is 13.1. The number of hydrogen-bond acceptors (Lipinski definition) is 2. The zero-order chi connectivity index (χ0) is 16.2. The van der Waals surface area contributed by atoms with Crippen LogP contribution in [0.3, 0.4) is 0 Å². The molecule has 0 fully saturated rings. The molecule has 0 N–H and O–H groups in total. The fourth-order valence-corrected chi connectivity index (χ4v) is 6.19. The predicted molar refractivity (Wildman–Crippen MR) is 95.9 cm³/mol. The largest absolute Gasteiger partial charge is 0.207 e. The molecule has 2 rings (SSSR count). The van der Waals surface area contributed by atoms with E-state index in [1.807, 2.05) is 0 Å². The lowest BCUT2D eigenvalue weighted by Gasteiger charge is -2.20. The molecule has 2 aromatic carbocycles. The van der Waals surface area contributed by atoms with Crippen LogP contribution >= 0.6 is 23.5 Å². The minimum absolute atomic E-state index is 0.219. The Hall–Kier alpha value is -1.04. The van der Waals surface area contributed by atoms with Crippen LogP contribution in [0.25, 0.3) is 0 Å². The van der Waals surface area contributed by atoms with Crippen LogP contribution in [0.1, 0.15) is 0 Å². The van der Waals surface area contributed by atoms with Gasteiger partial charge in [-0.2, -0.15) is 0 Å². The molecule has 2 aromatic rings. The first-order valence-corrected chi connectivity index (χ1v) is 12.1. The monoisotopic (exact) mass is 352 g/mol. The molecule has 0 atom stereocenters. The first-order chi connectivity index (χ1) is 10.3. The Morgan fingerprint density at radius 2 is 1.27 bits per heavy atom. The van der Waals surface area contributed by atoms with Crippen LogP contribution in [-0.4, -0.2) is 8.07 Å². The number of benzene rings is 2. The summed E-state index contributed by atoms with van der Waals surface area (Å²) < 4.78 is 27.3. The topological polar surface area (TPSA) is 0 Å². The van der Waals surface area contributed by atoms with E-state index in [4.69, 9.17) is 0 Å². The maximum Gasteiger partial charge on any atom is 0.123 e. The van der Waals surface area contributed by atoms with Gasteiger partial charge in [-0.3, -0.25) is 0 Å². The molecule has 0 unspecified atom stereocenters. The fraction of sp³-hybridized carbons (Fsp3) is 0.176. The third-order valence-corrected chi connectivity index (χ3v) is 8.76. The smallest absolute Gasteiger partial charge is 0.123 e. The molecule has 116 valence electrons. The van der Waals surface area contributed by atoms with E-state index in [0.29, 0.717) is 0 Å². The van der Waals surface area contributed by atoms with E-state index >= 15 is 0 Å². The molecule has 0 saturated heterocycles. The zero-order valence-electron chi connectivity index (χ0n) is 12.8. The van der Waals surface area contributed by atoms with Gasteiger partial charge in [-0.05, 0) is 58.5 Å². The molecule has 0 aromatic heterocycles. The molecule has 0 aliphatic rings. The molecule has 0 radical (unpaired) electrons. The lowest BCUT2D eigenvalue weighted by atomic mass is 10.4. The van der Waals surface area contributed by atoms with Gasteiger partial charge in [0.15, 0.2) is 0 Å². The highest BCUT2D eigenvalue weighted by Crippen LogP contribution is 2.36. The van der Waals surface area contributed by atoms with Gasteiger partial charge in [0, 0.05) is 9.79 Å². The van der Waals surface area contributed by atoms with Crippen molar-refractivity contribution in [1.29, 1.82) is 0 Å². The van der Waals surface area contributed by atoms with E-state index < -0.39 is 8.07 Å². The van der Waals surface area contributed by atoms with E-state index in [1.165, 1.54) is 28.8 Å². The number of hydrogen-bond donors (Lipinski definition) is 0. The first-order valence-electron chi connectivity index (χ1n) is 6.91. The standard InChI is InChI=1S/C17H18F2S2Si/c1-22(2,3)17(21-16-10-6-14(19)7-11-16)12-20-15-8-4-13(18)5-9-15/h4-12H,1-3H3/b17-12-. The molecule has 5 heteroatoms. The van der Waals surface area contributed by atoms with Crippen LogP contribution in [0.15, 0.2) is 68.3 Å². The lowest BCUT2D eigenvalue weighted by Crippen LogP contribution is -2.21. The van der Waals surface area contributed by atoms with E-state index in [0.717, 1.165) is 9.79 Å². The van der Waals surface area contributed by atoms with Crippen molar-refractivity contribution in [3.8, 4) is 0 Å². The fourth-order valence-electron chi connectivity index (χ4n) is 1.62. The van der Waals surface area contributed by atoms with Gasteiger partial charge in [0.1, 0.15) is 11.6 Å². The summed E-state index contributed by atoms with van der Waals surface area (Å²) in [6.45, 7) is 6.84. The normalized spacial score (nSPS) is 12.5. The Labute approximate surface area is 140 Å². The molecule has 0 spiro atoms. The highest BCUT2D eigenvalue weighted by atomic mass is 32.2. The van der Waals surface area contributed by atoms with Crippen molar-refractivity contribution in [1.82, 2.24) is 0 Å². The van der Waals surface area contributed by atoms with Gasteiger partial charge >= 0.3 is 0 Å². The molecule has 0 aliphatic heterocycles. The second kappa shape index (κ2) is 7.48. The maximum absolute atomic E-state index is 13.0. The van der Waals surface area contributed by atoms with Crippen molar-refractivity contribution < 1.29 is 8.78 Å². The Bertz CT molecular complexity index is 644. The summed E-state index contributed by atoms with van der Waals surface area (Å²) in [5.74, 6) is -0.442. The Morgan fingerprint density at radius 1 is 0.818 bits per heavy atom. The van der Waals surface area contributed by atoms with Gasteiger partial charge in [0.05, 0.1) is 8.07 Å². The second-order valence-corrected chi connectivity index (χ2v) is 13.3. The van der Waals surface area contributed by atoms with Crippen molar-refractivity contribution in [3.05, 3.63) is 70.1 Å². The van der Waals surface area contributed by atoms with Gasteiger partial charge in [0.2, 0.25) is 0 Å². The van der Waals surface area contributed by atoms with Crippen molar-refractivity contribution >= 4 is 31.6 Å². The average molecular weight is 353 g/mol. The SMILES string of the molecule is C[Si](C)(C)/C(=C\Sc1ccc(F)cc1)Sc1ccc(F)cc1.